The van der Waals surface area contributed by atoms with E-state index in [9.17, 15) is 4.79 Å². The maximum absolute atomic E-state index is 12.5. The van der Waals surface area contributed by atoms with Gasteiger partial charge in [-0.1, -0.05) is 48.5 Å². The van der Waals surface area contributed by atoms with Gasteiger partial charge < -0.3 is 15.4 Å². The van der Waals surface area contributed by atoms with Gasteiger partial charge in [-0.05, 0) is 18.6 Å². The average Bonchev–Trinajstić information content (AvgIpc) is 2.56. The number of halogens is 1. The van der Waals surface area contributed by atoms with Crippen molar-refractivity contribution >= 4 is 18.3 Å². The van der Waals surface area contributed by atoms with Crippen molar-refractivity contribution in [3.8, 4) is 5.75 Å². The van der Waals surface area contributed by atoms with Crippen LogP contribution < -0.4 is 10.5 Å². The van der Waals surface area contributed by atoms with E-state index in [2.05, 4.69) is 0 Å². The second-order valence-electron chi connectivity index (χ2n) is 5.12. The number of para-hydroxylation sites is 1. The van der Waals surface area contributed by atoms with E-state index in [1.54, 1.807) is 11.9 Å². The molecule has 0 saturated heterocycles. The molecule has 5 heteroatoms. The van der Waals surface area contributed by atoms with Crippen LogP contribution in [0.15, 0.2) is 54.6 Å². The molecule has 0 spiro atoms. The van der Waals surface area contributed by atoms with Crippen LogP contribution in [0.5, 0.6) is 5.75 Å². The molecule has 2 aromatic rings. The zero-order valence-electron chi connectivity index (χ0n) is 13.4. The summed E-state index contributed by atoms with van der Waals surface area (Å²) in [6.45, 7) is 3.00. The molecule has 2 N–H and O–H groups in total. The maximum atomic E-state index is 12.5. The van der Waals surface area contributed by atoms with E-state index in [1.807, 2.05) is 61.5 Å². The van der Waals surface area contributed by atoms with E-state index in [-0.39, 0.29) is 18.3 Å². The summed E-state index contributed by atoms with van der Waals surface area (Å²) >= 11 is 0. The molecule has 0 fully saturated rings. The predicted molar refractivity (Wildman–Crippen MR) is 94.7 cm³/mol. The molecule has 4 nitrogen and oxygen atoms in total. The van der Waals surface area contributed by atoms with Gasteiger partial charge in [-0.2, -0.15) is 0 Å². The number of ether oxygens (including phenoxy) is 1. The Bertz CT molecular complexity index is 619. The molecular weight excluding hydrogens is 312 g/mol. The molecule has 0 aromatic heterocycles. The number of likely N-dealkylation sites (N-methyl/N-ethyl adjacent to an activating group) is 1. The number of nitrogens with two attached hydrogens (primary N) is 1. The third-order valence-electron chi connectivity index (χ3n) is 3.48. The Hall–Kier alpha value is -2.04. The highest BCUT2D eigenvalue weighted by Crippen LogP contribution is 2.21. The number of amides is 1. The number of nitrogens with zero attached hydrogens (tertiary/aromatic N) is 1. The molecule has 0 radical (unpaired) electrons. The van der Waals surface area contributed by atoms with Crippen molar-refractivity contribution in [3.05, 3.63) is 65.7 Å². The molecule has 0 heterocycles. The van der Waals surface area contributed by atoms with Gasteiger partial charge in [-0.15, -0.1) is 12.4 Å². The molecule has 0 saturated carbocycles. The first-order chi connectivity index (χ1) is 10.6. The fourth-order valence-corrected chi connectivity index (χ4v) is 2.30. The number of carbonyl (C=O) groups excluding carboxylic acids is 1. The van der Waals surface area contributed by atoms with Gasteiger partial charge in [0.2, 0.25) is 5.91 Å². The second-order valence-corrected chi connectivity index (χ2v) is 5.12. The number of carbonyl (C=O) groups is 1. The molecule has 0 aliphatic carbocycles. The van der Waals surface area contributed by atoms with E-state index < -0.39 is 6.04 Å². The normalized spacial score (nSPS) is 11.3. The lowest BCUT2D eigenvalue weighted by Crippen LogP contribution is -2.35. The molecule has 2 rings (SSSR count). The quantitative estimate of drug-likeness (QED) is 0.882. The monoisotopic (exact) mass is 334 g/mol. The van der Waals surface area contributed by atoms with Crippen molar-refractivity contribution in [3.63, 3.8) is 0 Å². The van der Waals surface area contributed by atoms with Crippen LogP contribution >= 0.6 is 12.4 Å². The molecular formula is C18H23ClN2O2. The second kappa shape index (κ2) is 9.18. The highest BCUT2D eigenvalue weighted by atomic mass is 35.5. The SMILES string of the molecule is CCOc1ccccc1CN(C)C(=O)C(N)c1ccccc1.Cl. The maximum Gasteiger partial charge on any atom is 0.244 e. The lowest BCUT2D eigenvalue weighted by molar-refractivity contribution is -0.132. The minimum Gasteiger partial charge on any atom is -0.494 e. The minimum absolute atomic E-state index is 0. The number of rotatable bonds is 6. The van der Waals surface area contributed by atoms with Crippen LogP contribution in [0.3, 0.4) is 0 Å². The fourth-order valence-electron chi connectivity index (χ4n) is 2.30. The smallest absolute Gasteiger partial charge is 0.244 e. The molecule has 1 amide bonds. The first-order valence-electron chi connectivity index (χ1n) is 7.39. The van der Waals surface area contributed by atoms with Gasteiger partial charge in [0.15, 0.2) is 0 Å². The Morgan fingerprint density at radius 1 is 1.13 bits per heavy atom. The summed E-state index contributed by atoms with van der Waals surface area (Å²) < 4.78 is 5.59. The molecule has 0 aliphatic rings. The van der Waals surface area contributed by atoms with Crippen LogP contribution in [0.2, 0.25) is 0 Å². The summed E-state index contributed by atoms with van der Waals surface area (Å²) in [6, 6.07) is 16.5. The zero-order chi connectivity index (χ0) is 15.9. The van der Waals surface area contributed by atoms with Gasteiger partial charge in [0, 0.05) is 19.2 Å². The first kappa shape index (κ1) is 19.0. The van der Waals surface area contributed by atoms with E-state index in [0.717, 1.165) is 16.9 Å². The summed E-state index contributed by atoms with van der Waals surface area (Å²) in [7, 11) is 1.76. The van der Waals surface area contributed by atoms with Crippen LogP contribution in [-0.4, -0.2) is 24.5 Å². The third kappa shape index (κ3) is 4.98. The van der Waals surface area contributed by atoms with Gasteiger partial charge in [0.25, 0.3) is 0 Å². The Kier molecular flexibility index (Phi) is 7.59. The number of benzene rings is 2. The van der Waals surface area contributed by atoms with E-state index >= 15 is 0 Å². The Morgan fingerprint density at radius 2 is 1.74 bits per heavy atom. The van der Waals surface area contributed by atoms with Crippen molar-refractivity contribution in [2.45, 2.75) is 19.5 Å². The highest BCUT2D eigenvalue weighted by Gasteiger charge is 2.20. The summed E-state index contributed by atoms with van der Waals surface area (Å²) in [5.74, 6) is 0.690. The van der Waals surface area contributed by atoms with Crippen molar-refractivity contribution < 1.29 is 9.53 Å². The van der Waals surface area contributed by atoms with Gasteiger partial charge in [-0.3, -0.25) is 4.79 Å². The van der Waals surface area contributed by atoms with Crippen LogP contribution in [-0.2, 0) is 11.3 Å². The fraction of sp³-hybridized carbons (Fsp3) is 0.278. The van der Waals surface area contributed by atoms with Crippen molar-refractivity contribution in [2.24, 2.45) is 5.73 Å². The summed E-state index contributed by atoms with van der Waals surface area (Å²) in [6.07, 6.45) is 0. The molecule has 2 aromatic carbocycles. The van der Waals surface area contributed by atoms with Crippen LogP contribution in [0.4, 0.5) is 0 Å². The van der Waals surface area contributed by atoms with Gasteiger partial charge in [-0.25, -0.2) is 0 Å². The average molecular weight is 335 g/mol. The lowest BCUT2D eigenvalue weighted by atomic mass is 10.1. The van der Waals surface area contributed by atoms with E-state index in [4.69, 9.17) is 10.5 Å². The van der Waals surface area contributed by atoms with Crippen LogP contribution in [0.1, 0.15) is 24.1 Å². The van der Waals surface area contributed by atoms with E-state index in [0.29, 0.717) is 13.2 Å². The van der Waals surface area contributed by atoms with Crippen molar-refractivity contribution in [2.75, 3.05) is 13.7 Å². The summed E-state index contributed by atoms with van der Waals surface area (Å²) in [5.41, 5.74) is 7.86. The predicted octanol–water partition coefficient (Wildman–Crippen LogP) is 3.17. The van der Waals surface area contributed by atoms with E-state index in [1.165, 1.54) is 0 Å². The minimum atomic E-state index is -0.648. The largest absolute Gasteiger partial charge is 0.494 e. The highest BCUT2D eigenvalue weighted by molar-refractivity contribution is 5.85. The Balaban J connectivity index is 0.00000264. The molecule has 23 heavy (non-hydrogen) atoms. The van der Waals surface area contributed by atoms with Crippen molar-refractivity contribution in [1.29, 1.82) is 0 Å². The Labute approximate surface area is 143 Å². The number of hydrogen-bond acceptors (Lipinski definition) is 3. The molecule has 124 valence electrons. The van der Waals surface area contributed by atoms with Gasteiger partial charge in [0.05, 0.1) is 6.61 Å². The van der Waals surface area contributed by atoms with Gasteiger partial charge >= 0.3 is 0 Å². The Morgan fingerprint density at radius 3 is 2.39 bits per heavy atom. The van der Waals surface area contributed by atoms with Crippen LogP contribution in [0.25, 0.3) is 0 Å². The topological polar surface area (TPSA) is 55.6 Å². The third-order valence-corrected chi connectivity index (χ3v) is 3.48. The van der Waals surface area contributed by atoms with Crippen LogP contribution in [0, 0.1) is 0 Å². The lowest BCUT2D eigenvalue weighted by Gasteiger charge is -2.22. The molecule has 1 unspecified atom stereocenters. The number of hydrogen-bond donors (Lipinski definition) is 1. The first-order valence-corrected chi connectivity index (χ1v) is 7.39. The van der Waals surface area contributed by atoms with Gasteiger partial charge in [0.1, 0.15) is 11.8 Å². The molecule has 0 aliphatic heterocycles. The zero-order valence-corrected chi connectivity index (χ0v) is 14.3. The van der Waals surface area contributed by atoms with Crippen molar-refractivity contribution in [1.82, 2.24) is 4.90 Å². The summed E-state index contributed by atoms with van der Waals surface area (Å²) in [4.78, 5) is 14.1. The molecule has 1 atom stereocenters. The standard InChI is InChI=1S/C18H22N2O2.ClH/c1-3-22-16-12-8-7-11-15(16)13-20(2)18(21)17(19)14-9-5-4-6-10-14;/h4-12,17H,3,13,19H2,1-2H3;1H. The molecule has 0 bridgehead atoms. The summed E-state index contributed by atoms with van der Waals surface area (Å²) in [5, 5.41) is 0.